The van der Waals surface area contributed by atoms with Crippen molar-refractivity contribution in [3.63, 3.8) is 0 Å². The number of hydrogen-bond donors (Lipinski definition) is 2. The smallest absolute Gasteiger partial charge is 0.254 e. The number of thiophene rings is 1. The van der Waals surface area contributed by atoms with Crippen LogP contribution >= 0.6 is 34.5 Å². The largest absolute Gasteiger partial charge is 0.391 e. The zero-order chi connectivity index (χ0) is 13.1. The summed E-state index contributed by atoms with van der Waals surface area (Å²) in [6.07, 6.45) is 4.22. The molecule has 2 rings (SSSR count). The number of hydrogen-bond acceptors (Lipinski definition) is 3. The van der Waals surface area contributed by atoms with E-state index in [0.29, 0.717) is 14.2 Å². The first kappa shape index (κ1) is 14.1. The van der Waals surface area contributed by atoms with Crippen molar-refractivity contribution in [1.29, 1.82) is 0 Å². The minimum Gasteiger partial charge on any atom is -0.391 e. The zero-order valence-corrected chi connectivity index (χ0v) is 12.1. The predicted molar refractivity (Wildman–Crippen MR) is 74.7 cm³/mol. The van der Waals surface area contributed by atoms with Gasteiger partial charge in [0.15, 0.2) is 0 Å². The molecule has 1 aromatic heterocycles. The quantitative estimate of drug-likeness (QED) is 0.822. The minimum atomic E-state index is -0.468. The van der Waals surface area contributed by atoms with E-state index < -0.39 is 6.10 Å². The molecular weight excluding hydrogens is 293 g/mol. The Morgan fingerprint density at radius 1 is 1.33 bits per heavy atom. The summed E-state index contributed by atoms with van der Waals surface area (Å²) in [6.45, 7) is 0. The van der Waals surface area contributed by atoms with Gasteiger partial charge in [0.05, 0.1) is 22.0 Å². The Balaban J connectivity index is 2.04. The summed E-state index contributed by atoms with van der Waals surface area (Å²) in [5.74, 6) is -0.255. The second-order valence-corrected chi connectivity index (χ2v) is 6.81. The number of aliphatic hydroxyl groups is 1. The van der Waals surface area contributed by atoms with Gasteiger partial charge in [-0.1, -0.05) is 42.5 Å². The lowest BCUT2D eigenvalue weighted by Gasteiger charge is -2.21. The molecule has 0 spiro atoms. The second-order valence-electron chi connectivity index (χ2n) is 4.52. The molecule has 1 aromatic rings. The van der Waals surface area contributed by atoms with Crippen LogP contribution in [0.3, 0.4) is 0 Å². The van der Waals surface area contributed by atoms with Crippen LogP contribution in [0.2, 0.25) is 8.67 Å². The van der Waals surface area contributed by atoms with Gasteiger partial charge in [0, 0.05) is 0 Å². The molecule has 3 nitrogen and oxygen atoms in total. The molecule has 100 valence electrons. The van der Waals surface area contributed by atoms with Gasteiger partial charge in [-0.15, -0.1) is 11.3 Å². The molecule has 6 heteroatoms. The maximum Gasteiger partial charge on any atom is 0.254 e. The fourth-order valence-corrected chi connectivity index (χ4v) is 3.66. The number of rotatable bonds is 2. The molecule has 2 atom stereocenters. The zero-order valence-electron chi connectivity index (χ0n) is 9.79. The molecule has 0 aromatic carbocycles. The van der Waals surface area contributed by atoms with Crippen LogP contribution < -0.4 is 5.32 Å². The Morgan fingerprint density at radius 2 is 2.06 bits per heavy atom. The molecule has 0 saturated heterocycles. The molecule has 0 bridgehead atoms. The van der Waals surface area contributed by atoms with Gasteiger partial charge in [0.1, 0.15) is 4.34 Å². The highest BCUT2D eigenvalue weighted by atomic mass is 35.5. The summed E-state index contributed by atoms with van der Waals surface area (Å²) >= 11 is 12.9. The van der Waals surface area contributed by atoms with Gasteiger partial charge in [0.25, 0.3) is 5.91 Å². The Hall–Kier alpha value is -0.290. The van der Waals surface area contributed by atoms with E-state index in [0.717, 1.165) is 32.1 Å². The van der Waals surface area contributed by atoms with Gasteiger partial charge in [-0.05, 0) is 18.9 Å². The summed E-state index contributed by atoms with van der Waals surface area (Å²) in [5, 5.41) is 12.8. The molecule has 1 heterocycles. The van der Waals surface area contributed by atoms with Crippen LogP contribution in [-0.2, 0) is 0 Å². The van der Waals surface area contributed by atoms with Crippen molar-refractivity contribution in [1.82, 2.24) is 5.32 Å². The van der Waals surface area contributed by atoms with Crippen molar-refractivity contribution < 1.29 is 9.90 Å². The standard InChI is InChI=1S/C12H15Cl2NO2S/c13-10-6-7(11(14)18-10)12(17)15-8-4-2-1-3-5-9(8)16/h6,8-9,16H,1-5H2,(H,15,17). The third-order valence-corrected chi connectivity index (χ3v) is 4.68. The molecule has 2 unspecified atom stereocenters. The van der Waals surface area contributed by atoms with Crippen molar-refractivity contribution in [2.75, 3.05) is 0 Å². The van der Waals surface area contributed by atoms with Crippen LogP contribution in [0.5, 0.6) is 0 Å². The lowest BCUT2D eigenvalue weighted by molar-refractivity contribution is 0.0819. The van der Waals surface area contributed by atoms with E-state index in [2.05, 4.69) is 5.32 Å². The third-order valence-electron chi connectivity index (χ3n) is 3.20. The topological polar surface area (TPSA) is 49.3 Å². The number of halogens is 2. The van der Waals surface area contributed by atoms with Crippen molar-refractivity contribution in [3.05, 3.63) is 20.3 Å². The van der Waals surface area contributed by atoms with E-state index in [-0.39, 0.29) is 11.9 Å². The molecule has 2 N–H and O–H groups in total. The summed E-state index contributed by atoms with van der Waals surface area (Å²) in [5.41, 5.74) is 0.392. The number of carbonyl (C=O) groups excluding carboxylic acids is 1. The Kier molecular flexibility index (Phi) is 4.90. The van der Waals surface area contributed by atoms with Crippen LogP contribution in [0, 0.1) is 0 Å². The van der Waals surface area contributed by atoms with E-state index in [1.54, 1.807) is 6.07 Å². The molecular formula is C12H15Cl2NO2S. The highest BCUT2D eigenvalue weighted by Crippen LogP contribution is 2.31. The maximum atomic E-state index is 12.0. The monoisotopic (exact) mass is 307 g/mol. The van der Waals surface area contributed by atoms with Crippen LogP contribution in [0.15, 0.2) is 6.07 Å². The fourth-order valence-electron chi connectivity index (χ4n) is 2.20. The predicted octanol–water partition coefficient (Wildman–Crippen LogP) is 3.48. The molecule has 1 saturated carbocycles. The summed E-state index contributed by atoms with van der Waals surface area (Å²) < 4.78 is 0.882. The fraction of sp³-hybridized carbons (Fsp3) is 0.583. The van der Waals surface area contributed by atoms with Crippen LogP contribution in [0.1, 0.15) is 42.5 Å². The Morgan fingerprint density at radius 3 is 2.72 bits per heavy atom. The van der Waals surface area contributed by atoms with Crippen molar-refractivity contribution in [2.24, 2.45) is 0 Å². The van der Waals surface area contributed by atoms with Gasteiger partial charge in [-0.25, -0.2) is 0 Å². The van der Waals surface area contributed by atoms with Crippen LogP contribution in [0.25, 0.3) is 0 Å². The summed E-state index contributed by atoms with van der Waals surface area (Å²) in [7, 11) is 0. The molecule has 0 aliphatic heterocycles. The van der Waals surface area contributed by atoms with Gasteiger partial charge in [0.2, 0.25) is 0 Å². The van der Waals surface area contributed by atoms with Gasteiger partial charge in [-0.3, -0.25) is 4.79 Å². The lowest BCUT2D eigenvalue weighted by Crippen LogP contribution is -2.42. The average Bonchev–Trinajstić information content (AvgIpc) is 2.52. The average molecular weight is 308 g/mol. The highest BCUT2D eigenvalue weighted by Gasteiger charge is 2.25. The first-order chi connectivity index (χ1) is 8.58. The first-order valence-electron chi connectivity index (χ1n) is 6.01. The molecule has 1 fully saturated rings. The molecule has 1 aliphatic carbocycles. The van der Waals surface area contributed by atoms with Gasteiger partial charge >= 0.3 is 0 Å². The van der Waals surface area contributed by atoms with E-state index in [4.69, 9.17) is 23.2 Å². The highest BCUT2D eigenvalue weighted by molar-refractivity contribution is 7.20. The van der Waals surface area contributed by atoms with E-state index in [1.165, 1.54) is 11.3 Å². The third kappa shape index (κ3) is 3.38. The molecule has 18 heavy (non-hydrogen) atoms. The number of amides is 1. The molecule has 1 amide bonds. The minimum absolute atomic E-state index is 0.185. The van der Waals surface area contributed by atoms with E-state index in [9.17, 15) is 9.90 Å². The van der Waals surface area contributed by atoms with Crippen molar-refractivity contribution >= 4 is 40.4 Å². The van der Waals surface area contributed by atoms with Crippen molar-refractivity contribution in [3.8, 4) is 0 Å². The lowest BCUT2D eigenvalue weighted by atomic mass is 10.1. The summed E-state index contributed by atoms with van der Waals surface area (Å²) in [6, 6.07) is 1.38. The number of aliphatic hydroxyl groups excluding tert-OH is 1. The Labute approximate surface area is 120 Å². The maximum absolute atomic E-state index is 12.0. The normalized spacial score (nSPS) is 24.6. The molecule has 1 aliphatic rings. The van der Waals surface area contributed by atoms with Crippen LogP contribution in [-0.4, -0.2) is 23.2 Å². The van der Waals surface area contributed by atoms with Gasteiger partial charge in [-0.2, -0.15) is 0 Å². The SMILES string of the molecule is O=C(NC1CCCCCC1O)c1cc(Cl)sc1Cl. The number of nitrogens with one attached hydrogen (secondary N) is 1. The second kappa shape index (κ2) is 6.24. The summed E-state index contributed by atoms with van der Waals surface area (Å²) in [4.78, 5) is 12.0. The number of carbonyl (C=O) groups is 1. The van der Waals surface area contributed by atoms with E-state index in [1.807, 2.05) is 0 Å². The Bertz CT molecular complexity index is 436. The first-order valence-corrected chi connectivity index (χ1v) is 7.59. The van der Waals surface area contributed by atoms with Crippen molar-refractivity contribution in [2.45, 2.75) is 44.2 Å². The molecule has 0 radical (unpaired) electrons. The van der Waals surface area contributed by atoms with E-state index >= 15 is 0 Å². The van der Waals surface area contributed by atoms with Gasteiger partial charge < -0.3 is 10.4 Å². The van der Waals surface area contributed by atoms with Crippen LogP contribution in [0.4, 0.5) is 0 Å².